The van der Waals surface area contributed by atoms with Crippen molar-refractivity contribution in [3.8, 4) is 0 Å². The lowest BCUT2D eigenvalue weighted by molar-refractivity contribution is -0.152. The number of nitrogens with one attached hydrogen (secondary N) is 1. The number of aliphatic carboxylic acids is 1. The van der Waals surface area contributed by atoms with Crippen molar-refractivity contribution in [3.63, 3.8) is 0 Å². The molecule has 0 spiro atoms. The van der Waals surface area contributed by atoms with Crippen LogP contribution in [0.3, 0.4) is 0 Å². The van der Waals surface area contributed by atoms with Gasteiger partial charge in [0.2, 0.25) is 5.91 Å². The van der Waals surface area contributed by atoms with Gasteiger partial charge in [-0.1, -0.05) is 0 Å². The second-order valence-electron chi connectivity index (χ2n) is 4.09. The highest BCUT2D eigenvalue weighted by atomic mass is 16.5. The van der Waals surface area contributed by atoms with Gasteiger partial charge in [-0.15, -0.1) is 0 Å². The first-order chi connectivity index (χ1) is 8.00. The van der Waals surface area contributed by atoms with E-state index in [-0.39, 0.29) is 19.4 Å². The summed E-state index contributed by atoms with van der Waals surface area (Å²) in [4.78, 5) is 33.5. The third-order valence-corrected chi connectivity index (χ3v) is 2.86. The molecule has 6 nitrogen and oxygen atoms in total. The van der Waals surface area contributed by atoms with E-state index in [0.717, 1.165) is 6.42 Å². The van der Waals surface area contributed by atoms with Crippen molar-refractivity contribution in [3.05, 3.63) is 0 Å². The maximum atomic E-state index is 11.5. The minimum absolute atomic E-state index is 0.0185. The van der Waals surface area contributed by atoms with Crippen molar-refractivity contribution in [2.75, 3.05) is 6.61 Å². The van der Waals surface area contributed by atoms with Gasteiger partial charge in [-0.2, -0.15) is 0 Å². The van der Waals surface area contributed by atoms with Crippen molar-refractivity contribution in [1.82, 2.24) is 5.32 Å². The molecule has 1 saturated carbocycles. The first-order valence-electron chi connectivity index (χ1n) is 5.70. The lowest BCUT2D eigenvalue weighted by atomic mass is 9.76. The normalized spacial score (nSPS) is 16.8. The van der Waals surface area contributed by atoms with E-state index in [1.54, 1.807) is 6.92 Å². The van der Waals surface area contributed by atoms with Gasteiger partial charge in [0.05, 0.1) is 13.0 Å². The second kappa shape index (κ2) is 5.65. The van der Waals surface area contributed by atoms with Gasteiger partial charge in [0, 0.05) is 6.42 Å². The predicted octanol–water partition coefficient (Wildman–Crippen LogP) is 0.453. The number of ether oxygens (including phenoxy) is 1. The Morgan fingerprint density at radius 2 is 1.94 bits per heavy atom. The van der Waals surface area contributed by atoms with Crippen molar-refractivity contribution in [2.24, 2.45) is 0 Å². The van der Waals surface area contributed by atoms with Crippen LogP contribution in [0.1, 0.15) is 39.0 Å². The zero-order chi connectivity index (χ0) is 12.9. The van der Waals surface area contributed by atoms with E-state index in [1.807, 2.05) is 0 Å². The smallest absolute Gasteiger partial charge is 0.329 e. The van der Waals surface area contributed by atoms with E-state index in [9.17, 15) is 14.4 Å². The molecule has 0 atom stereocenters. The molecular weight excluding hydrogens is 226 g/mol. The Morgan fingerprint density at radius 3 is 2.35 bits per heavy atom. The molecule has 96 valence electrons. The van der Waals surface area contributed by atoms with Crippen molar-refractivity contribution >= 4 is 17.8 Å². The molecule has 0 radical (unpaired) electrons. The number of carbonyl (C=O) groups is 3. The Bertz CT molecular complexity index is 322. The Morgan fingerprint density at radius 1 is 1.29 bits per heavy atom. The van der Waals surface area contributed by atoms with E-state index >= 15 is 0 Å². The Labute approximate surface area is 99.3 Å². The van der Waals surface area contributed by atoms with Gasteiger partial charge in [-0.05, 0) is 26.2 Å². The van der Waals surface area contributed by atoms with Gasteiger partial charge >= 0.3 is 11.9 Å². The van der Waals surface area contributed by atoms with Crippen LogP contribution in [-0.4, -0.2) is 35.1 Å². The van der Waals surface area contributed by atoms with E-state index in [0.29, 0.717) is 12.8 Å². The molecule has 0 unspecified atom stereocenters. The number of hydrogen-bond acceptors (Lipinski definition) is 4. The number of rotatable bonds is 6. The van der Waals surface area contributed by atoms with E-state index < -0.39 is 23.4 Å². The highest BCUT2D eigenvalue weighted by Crippen LogP contribution is 2.32. The number of hydrogen-bond donors (Lipinski definition) is 2. The van der Waals surface area contributed by atoms with Crippen LogP contribution < -0.4 is 5.32 Å². The average molecular weight is 243 g/mol. The fourth-order valence-corrected chi connectivity index (χ4v) is 1.70. The Balaban J connectivity index is 2.34. The molecule has 17 heavy (non-hydrogen) atoms. The van der Waals surface area contributed by atoms with E-state index in [4.69, 9.17) is 5.11 Å². The molecule has 0 aromatic carbocycles. The minimum Gasteiger partial charge on any atom is -0.480 e. The summed E-state index contributed by atoms with van der Waals surface area (Å²) < 4.78 is 4.67. The zero-order valence-corrected chi connectivity index (χ0v) is 9.82. The number of amides is 1. The number of carboxylic acid groups (broad SMARTS) is 1. The van der Waals surface area contributed by atoms with E-state index in [2.05, 4.69) is 10.1 Å². The zero-order valence-electron chi connectivity index (χ0n) is 9.82. The highest BCUT2D eigenvalue weighted by molar-refractivity contribution is 5.89. The fraction of sp³-hybridized carbons (Fsp3) is 0.727. The molecule has 0 aromatic rings. The Kier molecular flexibility index (Phi) is 4.48. The summed E-state index contributed by atoms with van der Waals surface area (Å²) >= 11 is 0. The van der Waals surface area contributed by atoms with Crippen LogP contribution in [0.4, 0.5) is 0 Å². The Hall–Kier alpha value is -1.59. The molecule has 1 fully saturated rings. The molecule has 6 heteroatoms. The fourth-order valence-electron chi connectivity index (χ4n) is 1.70. The van der Waals surface area contributed by atoms with Crippen LogP contribution in [-0.2, 0) is 19.1 Å². The molecule has 0 heterocycles. The average Bonchev–Trinajstić information content (AvgIpc) is 2.20. The maximum absolute atomic E-state index is 11.5. The third kappa shape index (κ3) is 3.44. The van der Waals surface area contributed by atoms with Crippen molar-refractivity contribution in [1.29, 1.82) is 0 Å². The van der Waals surface area contributed by atoms with Gasteiger partial charge < -0.3 is 15.2 Å². The number of esters is 1. The summed E-state index contributed by atoms with van der Waals surface area (Å²) in [5.41, 5.74) is -1.11. The standard InChI is InChI=1S/C11H17NO5/c1-2-17-9(14)5-4-8(13)12-11(10(15)16)6-3-7-11/h2-7H2,1H3,(H,12,13)(H,15,16). The maximum Gasteiger partial charge on any atom is 0.329 e. The van der Waals surface area contributed by atoms with Gasteiger partial charge in [0.15, 0.2) is 0 Å². The molecule has 0 bridgehead atoms. The summed E-state index contributed by atoms with van der Waals surface area (Å²) in [6.07, 6.45) is 1.65. The lowest BCUT2D eigenvalue weighted by Crippen LogP contribution is -2.59. The SMILES string of the molecule is CCOC(=O)CCC(=O)NC1(C(=O)O)CCC1. The summed E-state index contributed by atoms with van der Waals surface area (Å²) in [6.45, 7) is 1.96. The van der Waals surface area contributed by atoms with Crippen LogP contribution in [0.15, 0.2) is 0 Å². The van der Waals surface area contributed by atoms with Crippen LogP contribution in [0, 0.1) is 0 Å². The summed E-state index contributed by atoms with van der Waals surface area (Å²) in [6, 6.07) is 0. The molecule has 1 rings (SSSR count). The largest absolute Gasteiger partial charge is 0.480 e. The molecule has 1 aliphatic carbocycles. The summed E-state index contributed by atoms with van der Waals surface area (Å²) in [7, 11) is 0. The minimum atomic E-state index is -1.11. The van der Waals surface area contributed by atoms with E-state index in [1.165, 1.54) is 0 Å². The number of carboxylic acids is 1. The van der Waals surface area contributed by atoms with Gasteiger partial charge in [0.1, 0.15) is 5.54 Å². The third-order valence-electron chi connectivity index (χ3n) is 2.86. The van der Waals surface area contributed by atoms with Crippen LogP contribution >= 0.6 is 0 Å². The summed E-state index contributed by atoms with van der Waals surface area (Å²) in [5.74, 6) is -1.87. The molecule has 2 N–H and O–H groups in total. The molecule has 0 saturated heterocycles. The first-order valence-corrected chi connectivity index (χ1v) is 5.70. The predicted molar refractivity (Wildman–Crippen MR) is 58.2 cm³/mol. The second-order valence-corrected chi connectivity index (χ2v) is 4.09. The first kappa shape index (κ1) is 13.5. The molecule has 1 aliphatic rings. The van der Waals surface area contributed by atoms with Crippen molar-refractivity contribution < 1.29 is 24.2 Å². The lowest BCUT2D eigenvalue weighted by Gasteiger charge is -2.38. The van der Waals surface area contributed by atoms with Gasteiger partial charge in [-0.3, -0.25) is 9.59 Å². The van der Waals surface area contributed by atoms with Gasteiger partial charge in [-0.25, -0.2) is 4.79 Å². The monoisotopic (exact) mass is 243 g/mol. The van der Waals surface area contributed by atoms with Crippen molar-refractivity contribution in [2.45, 2.75) is 44.6 Å². The van der Waals surface area contributed by atoms with Crippen LogP contribution in [0.2, 0.25) is 0 Å². The summed E-state index contributed by atoms with van der Waals surface area (Å²) in [5, 5.41) is 11.5. The molecule has 1 amide bonds. The highest BCUT2D eigenvalue weighted by Gasteiger charge is 2.45. The molecule has 0 aromatic heterocycles. The van der Waals surface area contributed by atoms with Crippen LogP contribution in [0.5, 0.6) is 0 Å². The van der Waals surface area contributed by atoms with Gasteiger partial charge in [0.25, 0.3) is 0 Å². The quantitative estimate of drug-likeness (QED) is 0.661. The molecular formula is C11H17NO5. The number of carbonyl (C=O) groups excluding carboxylic acids is 2. The topological polar surface area (TPSA) is 92.7 Å². The molecule has 0 aliphatic heterocycles. The van der Waals surface area contributed by atoms with Crippen LogP contribution in [0.25, 0.3) is 0 Å².